The van der Waals surface area contributed by atoms with Crippen LogP contribution < -0.4 is 5.32 Å². The summed E-state index contributed by atoms with van der Waals surface area (Å²) in [5, 5.41) is 3.47. The SMILES string of the molecule is COC(CN(C)CC1CCCN1)OC. The quantitative estimate of drug-likeness (QED) is 0.628. The van der Waals surface area contributed by atoms with E-state index in [1.165, 1.54) is 12.8 Å². The van der Waals surface area contributed by atoms with Gasteiger partial charge in [0.25, 0.3) is 0 Å². The average molecular weight is 202 g/mol. The van der Waals surface area contributed by atoms with Crippen LogP contribution >= 0.6 is 0 Å². The van der Waals surface area contributed by atoms with E-state index in [4.69, 9.17) is 9.47 Å². The van der Waals surface area contributed by atoms with Gasteiger partial charge in [-0.3, -0.25) is 4.90 Å². The van der Waals surface area contributed by atoms with Gasteiger partial charge in [0.15, 0.2) is 6.29 Å². The molecule has 1 N–H and O–H groups in total. The first-order valence-electron chi connectivity index (χ1n) is 5.23. The second kappa shape index (κ2) is 6.35. The number of likely N-dealkylation sites (N-methyl/N-ethyl adjacent to an activating group) is 1. The molecule has 0 aromatic rings. The highest BCUT2D eigenvalue weighted by molar-refractivity contribution is 4.76. The Bertz CT molecular complexity index is 141. The molecule has 84 valence electrons. The average Bonchev–Trinajstić information content (AvgIpc) is 2.66. The van der Waals surface area contributed by atoms with E-state index in [2.05, 4.69) is 17.3 Å². The summed E-state index contributed by atoms with van der Waals surface area (Å²) in [4.78, 5) is 2.25. The summed E-state index contributed by atoms with van der Waals surface area (Å²) in [6.07, 6.45) is 2.48. The molecule has 0 aliphatic carbocycles. The van der Waals surface area contributed by atoms with Crippen LogP contribution in [0.5, 0.6) is 0 Å². The van der Waals surface area contributed by atoms with Crippen molar-refractivity contribution < 1.29 is 9.47 Å². The van der Waals surface area contributed by atoms with Gasteiger partial charge < -0.3 is 14.8 Å². The number of ether oxygens (including phenoxy) is 2. The number of nitrogens with zero attached hydrogens (tertiary/aromatic N) is 1. The molecule has 0 aromatic heterocycles. The van der Waals surface area contributed by atoms with Crippen LogP contribution in [0, 0.1) is 0 Å². The maximum atomic E-state index is 5.15. The Morgan fingerprint density at radius 3 is 2.64 bits per heavy atom. The van der Waals surface area contributed by atoms with Crippen molar-refractivity contribution >= 4 is 0 Å². The van der Waals surface area contributed by atoms with E-state index in [-0.39, 0.29) is 6.29 Å². The Labute approximate surface area is 86.6 Å². The number of rotatable bonds is 6. The summed E-state index contributed by atoms with van der Waals surface area (Å²) in [5.41, 5.74) is 0. The van der Waals surface area contributed by atoms with E-state index in [1.54, 1.807) is 14.2 Å². The topological polar surface area (TPSA) is 33.7 Å². The minimum Gasteiger partial charge on any atom is -0.355 e. The molecule has 4 heteroatoms. The van der Waals surface area contributed by atoms with Crippen LogP contribution in [-0.4, -0.2) is 58.1 Å². The lowest BCUT2D eigenvalue weighted by molar-refractivity contribution is -0.114. The number of methoxy groups -OCH3 is 2. The lowest BCUT2D eigenvalue weighted by Gasteiger charge is -2.24. The molecule has 0 radical (unpaired) electrons. The fourth-order valence-corrected chi connectivity index (χ4v) is 1.86. The van der Waals surface area contributed by atoms with Crippen LogP contribution in [0.3, 0.4) is 0 Å². The minimum atomic E-state index is -0.110. The Balaban J connectivity index is 2.16. The Kier molecular flexibility index (Phi) is 5.40. The first kappa shape index (κ1) is 11.9. The van der Waals surface area contributed by atoms with Crippen molar-refractivity contribution in [2.24, 2.45) is 0 Å². The normalized spacial score (nSPS) is 22.5. The summed E-state index contributed by atoms with van der Waals surface area (Å²) in [7, 11) is 5.46. The first-order valence-corrected chi connectivity index (χ1v) is 5.23. The molecule has 1 rings (SSSR count). The number of nitrogens with one attached hydrogen (secondary N) is 1. The van der Waals surface area contributed by atoms with Crippen LogP contribution in [0.4, 0.5) is 0 Å². The van der Waals surface area contributed by atoms with Gasteiger partial charge in [0, 0.05) is 33.4 Å². The lowest BCUT2D eigenvalue weighted by atomic mass is 10.2. The van der Waals surface area contributed by atoms with Crippen molar-refractivity contribution in [3.63, 3.8) is 0 Å². The van der Waals surface area contributed by atoms with Crippen LogP contribution in [0.1, 0.15) is 12.8 Å². The van der Waals surface area contributed by atoms with E-state index < -0.39 is 0 Å². The molecule has 0 amide bonds. The molecule has 1 aliphatic rings. The molecule has 0 aromatic carbocycles. The van der Waals surface area contributed by atoms with Gasteiger partial charge in [-0.25, -0.2) is 0 Å². The highest BCUT2D eigenvalue weighted by atomic mass is 16.7. The van der Waals surface area contributed by atoms with Gasteiger partial charge in [-0.2, -0.15) is 0 Å². The molecule has 1 saturated heterocycles. The van der Waals surface area contributed by atoms with Gasteiger partial charge in [0.1, 0.15) is 0 Å². The van der Waals surface area contributed by atoms with Crippen molar-refractivity contribution in [2.75, 3.05) is 40.9 Å². The van der Waals surface area contributed by atoms with Crippen LogP contribution in [0.2, 0.25) is 0 Å². The minimum absolute atomic E-state index is 0.110. The molecule has 1 atom stereocenters. The number of hydrogen-bond donors (Lipinski definition) is 1. The van der Waals surface area contributed by atoms with E-state index in [0.717, 1.165) is 19.6 Å². The second-order valence-corrected chi connectivity index (χ2v) is 3.92. The van der Waals surface area contributed by atoms with E-state index in [1.807, 2.05) is 0 Å². The van der Waals surface area contributed by atoms with Gasteiger partial charge >= 0.3 is 0 Å². The predicted molar refractivity (Wildman–Crippen MR) is 56.3 cm³/mol. The fourth-order valence-electron chi connectivity index (χ4n) is 1.86. The molecular formula is C10H22N2O2. The Morgan fingerprint density at radius 1 is 1.43 bits per heavy atom. The van der Waals surface area contributed by atoms with Crippen molar-refractivity contribution in [3.05, 3.63) is 0 Å². The van der Waals surface area contributed by atoms with E-state index >= 15 is 0 Å². The van der Waals surface area contributed by atoms with Gasteiger partial charge in [0.05, 0.1) is 0 Å². The highest BCUT2D eigenvalue weighted by Crippen LogP contribution is 2.06. The molecule has 0 saturated carbocycles. The molecule has 1 unspecified atom stereocenters. The standard InChI is InChI=1S/C10H22N2O2/c1-12(8-10(13-2)14-3)7-9-5-4-6-11-9/h9-11H,4-8H2,1-3H3. The molecule has 1 fully saturated rings. The van der Waals surface area contributed by atoms with E-state index in [9.17, 15) is 0 Å². The third kappa shape index (κ3) is 3.92. The van der Waals surface area contributed by atoms with Gasteiger partial charge in [-0.1, -0.05) is 0 Å². The highest BCUT2D eigenvalue weighted by Gasteiger charge is 2.17. The zero-order chi connectivity index (χ0) is 10.4. The maximum absolute atomic E-state index is 5.15. The smallest absolute Gasteiger partial charge is 0.169 e. The van der Waals surface area contributed by atoms with Crippen molar-refractivity contribution in [2.45, 2.75) is 25.2 Å². The maximum Gasteiger partial charge on any atom is 0.169 e. The molecule has 0 bridgehead atoms. The zero-order valence-electron chi connectivity index (χ0n) is 9.45. The molecule has 4 nitrogen and oxygen atoms in total. The van der Waals surface area contributed by atoms with Crippen LogP contribution in [0.25, 0.3) is 0 Å². The third-order valence-corrected chi connectivity index (χ3v) is 2.68. The summed E-state index contributed by atoms with van der Waals surface area (Å²) < 4.78 is 10.3. The largest absolute Gasteiger partial charge is 0.355 e. The Hall–Kier alpha value is -0.160. The summed E-state index contributed by atoms with van der Waals surface area (Å²) >= 11 is 0. The lowest BCUT2D eigenvalue weighted by Crippen LogP contribution is -2.39. The van der Waals surface area contributed by atoms with Crippen LogP contribution in [-0.2, 0) is 9.47 Å². The molecular weight excluding hydrogens is 180 g/mol. The summed E-state index contributed by atoms with van der Waals surface area (Å²) in [6.45, 7) is 3.06. The third-order valence-electron chi connectivity index (χ3n) is 2.68. The van der Waals surface area contributed by atoms with Gasteiger partial charge in [0.2, 0.25) is 0 Å². The summed E-state index contributed by atoms with van der Waals surface area (Å²) in [6, 6.07) is 0.648. The number of hydrogen-bond acceptors (Lipinski definition) is 4. The first-order chi connectivity index (χ1) is 6.76. The van der Waals surface area contributed by atoms with E-state index in [0.29, 0.717) is 6.04 Å². The van der Waals surface area contributed by atoms with Crippen molar-refractivity contribution in [3.8, 4) is 0 Å². The fraction of sp³-hybridized carbons (Fsp3) is 1.00. The summed E-state index contributed by atoms with van der Waals surface area (Å²) in [5.74, 6) is 0. The van der Waals surface area contributed by atoms with Crippen LogP contribution in [0.15, 0.2) is 0 Å². The molecule has 1 aliphatic heterocycles. The van der Waals surface area contributed by atoms with Crippen molar-refractivity contribution in [1.82, 2.24) is 10.2 Å². The Morgan fingerprint density at radius 2 is 2.14 bits per heavy atom. The van der Waals surface area contributed by atoms with Crippen molar-refractivity contribution in [1.29, 1.82) is 0 Å². The zero-order valence-corrected chi connectivity index (χ0v) is 9.45. The molecule has 14 heavy (non-hydrogen) atoms. The molecule has 1 heterocycles. The van der Waals surface area contributed by atoms with Gasteiger partial charge in [-0.15, -0.1) is 0 Å². The second-order valence-electron chi connectivity index (χ2n) is 3.92. The predicted octanol–water partition coefficient (Wildman–Crippen LogP) is 0.289. The van der Waals surface area contributed by atoms with Gasteiger partial charge in [-0.05, 0) is 26.4 Å². The monoisotopic (exact) mass is 202 g/mol. The molecule has 0 spiro atoms.